The predicted molar refractivity (Wildman–Crippen MR) is 67.7 cm³/mol. The normalized spacial score (nSPS) is 12.3. The van der Waals surface area contributed by atoms with E-state index in [0.29, 0.717) is 5.88 Å². The Bertz CT molecular complexity index is 748. The number of hydrogen-bond donors (Lipinski definition) is 0. The van der Waals surface area contributed by atoms with Crippen LogP contribution in [-0.2, 0) is 0 Å². The first kappa shape index (κ1) is 9.13. The second kappa shape index (κ2) is 3.05. The van der Waals surface area contributed by atoms with Crippen LogP contribution in [-0.4, -0.2) is 9.97 Å². The topological polar surface area (TPSA) is 35.0 Å². The smallest absolute Gasteiger partial charge is 0.231 e. The zero-order valence-corrected chi connectivity index (χ0v) is 9.91. The number of thiophene rings is 1. The fourth-order valence-electron chi connectivity index (χ4n) is 2.17. The highest BCUT2D eigenvalue weighted by atomic mass is 32.1. The number of nitrogens with zero attached hydrogens (tertiary/aromatic N) is 2. The SMILES string of the molecule is Cc1nc2c3c(csc3n1)-c1ccccc1O2. The molecule has 0 saturated carbocycles. The van der Waals surface area contributed by atoms with Gasteiger partial charge in [0.2, 0.25) is 5.88 Å². The van der Waals surface area contributed by atoms with E-state index in [-0.39, 0.29) is 0 Å². The molecule has 2 aromatic heterocycles. The van der Waals surface area contributed by atoms with Gasteiger partial charge in [-0.25, -0.2) is 4.98 Å². The van der Waals surface area contributed by atoms with Gasteiger partial charge >= 0.3 is 0 Å². The van der Waals surface area contributed by atoms with E-state index in [1.807, 2.05) is 25.1 Å². The van der Waals surface area contributed by atoms with Crippen LogP contribution in [0.3, 0.4) is 0 Å². The molecule has 0 fully saturated rings. The average Bonchev–Trinajstić information content (AvgIpc) is 2.74. The lowest BCUT2D eigenvalue weighted by Gasteiger charge is -2.16. The van der Waals surface area contributed by atoms with Crippen LogP contribution >= 0.6 is 11.3 Å². The summed E-state index contributed by atoms with van der Waals surface area (Å²) >= 11 is 1.64. The Kier molecular flexibility index (Phi) is 1.64. The van der Waals surface area contributed by atoms with Crippen molar-refractivity contribution >= 4 is 21.6 Å². The molecule has 3 heterocycles. The standard InChI is InChI=1S/C13H8N2OS/c1-7-14-12-11-9(6-17-13(11)15-7)8-4-2-3-5-10(8)16-12/h2-6H,1H3. The Balaban J connectivity index is 2.18. The molecule has 0 aliphatic carbocycles. The lowest BCUT2D eigenvalue weighted by Crippen LogP contribution is -1.99. The van der Waals surface area contributed by atoms with Gasteiger partial charge in [-0.2, -0.15) is 4.98 Å². The summed E-state index contributed by atoms with van der Waals surface area (Å²) in [6.45, 7) is 1.89. The number of hydrogen-bond acceptors (Lipinski definition) is 4. The summed E-state index contributed by atoms with van der Waals surface area (Å²) in [5.41, 5.74) is 2.31. The van der Waals surface area contributed by atoms with E-state index >= 15 is 0 Å². The van der Waals surface area contributed by atoms with Crippen molar-refractivity contribution in [1.29, 1.82) is 0 Å². The first-order valence-electron chi connectivity index (χ1n) is 5.36. The van der Waals surface area contributed by atoms with Crippen molar-refractivity contribution in [3.05, 3.63) is 35.5 Å². The van der Waals surface area contributed by atoms with Crippen molar-refractivity contribution in [1.82, 2.24) is 9.97 Å². The Labute approximate surface area is 102 Å². The third kappa shape index (κ3) is 1.16. The molecule has 0 spiro atoms. The molecule has 0 unspecified atom stereocenters. The van der Waals surface area contributed by atoms with E-state index in [4.69, 9.17) is 4.74 Å². The summed E-state index contributed by atoms with van der Waals surface area (Å²) in [5, 5.41) is 3.17. The molecular weight excluding hydrogens is 232 g/mol. The predicted octanol–water partition coefficient (Wildman–Crippen LogP) is 3.77. The summed E-state index contributed by atoms with van der Waals surface area (Å²) in [6.07, 6.45) is 0. The van der Waals surface area contributed by atoms with Crippen molar-refractivity contribution < 1.29 is 4.74 Å². The van der Waals surface area contributed by atoms with Crippen molar-refractivity contribution in [2.75, 3.05) is 0 Å². The molecule has 17 heavy (non-hydrogen) atoms. The zero-order chi connectivity index (χ0) is 11.4. The monoisotopic (exact) mass is 240 g/mol. The van der Waals surface area contributed by atoms with E-state index < -0.39 is 0 Å². The molecule has 1 aliphatic rings. The molecule has 4 heteroatoms. The molecule has 3 aromatic rings. The zero-order valence-electron chi connectivity index (χ0n) is 9.10. The van der Waals surface area contributed by atoms with Gasteiger partial charge in [-0.3, -0.25) is 0 Å². The molecule has 0 bridgehead atoms. The summed E-state index contributed by atoms with van der Waals surface area (Å²) in [6, 6.07) is 8.03. The second-order valence-electron chi connectivity index (χ2n) is 4.00. The maximum atomic E-state index is 5.84. The number of aromatic nitrogens is 2. The second-order valence-corrected chi connectivity index (χ2v) is 4.86. The molecule has 1 aliphatic heterocycles. The van der Waals surface area contributed by atoms with Crippen molar-refractivity contribution in [3.63, 3.8) is 0 Å². The van der Waals surface area contributed by atoms with Gasteiger partial charge in [-0.05, 0) is 13.0 Å². The van der Waals surface area contributed by atoms with Crippen LogP contribution in [0.25, 0.3) is 21.3 Å². The summed E-state index contributed by atoms with van der Waals surface area (Å²) in [7, 11) is 0. The van der Waals surface area contributed by atoms with Gasteiger partial charge < -0.3 is 4.74 Å². The quantitative estimate of drug-likeness (QED) is 0.469. The van der Waals surface area contributed by atoms with Crippen LogP contribution < -0.4 is 4.74 Å². The minimum Gasteiger partial charge on any atom is -0.438 e. The van der Waals surface area contributed by atoms with Crippen LogP contribution in [0.5, 0.6) is 11.6 Å². The summed E-state index contributed by atoms with van der Waals surface area (Å²) in [4.78, 5) is 9.81. The molecule has 0 N–H and O–H groups in total. The van der Waals surface area contributed by atoms with Gasteiger partial charge in [0.1, 0.15) is 16.4 Å². The van der Waals surface area contributed by atoms with E-state index in [2.05, 4.69) is 21.4 Å². The van der Waals surface area contributed by atoms with Crippen LogP contribution in [0.15, 0.2) is 29.6 Å². The minimum absolute atomic E-state index is 0.683. The molecule has 82 valence electrons. The van der Waals surface area contributed by atoms with E-state index in [9.17, 15) is 0 Å². The molecular formula is C13H8N2OS. The van der Waals surface area contributed by atoms with E-state index in [1.165, 1.54) is 5.56 Å². The highest BCUT2D eigenvalue weighted by Crippen LogP contribution is 2.47. The first-order valence-corrected chi connectivity index (χ1v) is 6.24. The summed E-state index contributed by atoms with van der Waals surface area (Å²) < 4.78 is 5.84. The van der Waals surface area contributed by atoms with E-state index in [1.54, 1.807) is 11.3 Å². The Morgan fingerprint density at radius 1 is 1.12 bits per heavy atom. The third-order valence-electron chi connectivity index (χ3n) is 2.90. The number of rotatable bonds is 0. The summed E-state index contributed by atoms with van der Waals surface area (Å²) in [5.74, 6) is 2.31. The Morgan fingerprint density at radius 3 is 2.94 bits per heavy atom. The molecule has 0 radical (unpaired) electrons. The van der Waals surface area contributed by atoms with E-state index in [0.717, 1.165) is 27.4 Å². The third-order valence-corrected chi connectivity index (χ3v) is 3.77. The maximum Gasteiger partial charge on any atom is 0.231 e. The molecule has 0 amide bonds. The molecule has 4 rings (SSSR count). The molecule has 3 nitrogen and oxygen atoms in total. The molecule has 0 atom stereocenters. The van der Waals surface area contributed by atoms with Crippen molar-refractivity contribution in [3.8, 4) is 22.8 Å². The van der Waals surface area contributed by atoms with Crippen LogP contribution in [0, 0.1) is 6.92 Å². The van der Waals surface area contributed by atoms with Crippen LogP contribution in [0.4, 0.5) is 0 Å². The average molecular weight is 240 g/mol. The number of benzene rings is 1. The fraction of sp³-hybridized carbons (Fsp3) is 0.0769. The highest BCUT2D eigenvalue weighted by Gasteiger charge is 2.22. The molecule has 0 saturated heterocycles. The minimum atomic E-state index is 0.683. The van der Waals surface area contributed by atoms with Crippen molar-refractivity contribution in [2.24, 2.45) is 0 Å². The maximum absolute atomic E-state index is 5.84. The largest absolute Gasteiger partial charge is 0.438 e. The Hall–Kier alpha value is -1.94. The van der Waals surface area contributed by atoms with Gasteiger partial charge in [-0.1, -0.05) is 18.2 Å². The number of fused-ring (bicyclic) bond motifs is 2. The number of para-hydroxylation sites is 1. The lowest BCUT2D eigenvalue weighted by atomic mass is 10.0. The lowest BCUT2D eigenvalue weighted by molar-refractivity contribution is 0.465. The Morgan fingerprint density at radius 2 is 2.00 bits per heavy atom. The van der Waals surface area contributed by atoms with Crippen molar-refractivity contribution in [2.45, 2.75) is 6.92 Å². The van der Waals surface area contributed by atoms with Crippen LogP contribution in [0.2, 0.25) is 0 Å². The number of ether oxygens (including phenoxy) is 1. The van der Waals surface area contributed by atoms with Gasteiger partial charge in [0, 0.05) is 16.5 Å². The van der Waals surface area contributed by atoms with Gasteiger partial charge in [-0.15, -0.1) is 11.3 Å². The number of aryl methyl sites for hydroxylation is 1. The first-order chi connectivity index (χ1) is 8.33. The van der Waals surface area contributed by atoms with Crippen LogP contribution in [0.1, 0.15) is 5.82 Å². The van der Waals surface area contributed by atoms with Gasteiger partial charge in [0.25, 0.3) is 0 Å². The fourth-order valence-corrected chi connectivity index (χ4v) is 3.14. The molecule has 1 aromatic carbocycles. The van der Waals surface area contributed by atoms with Gasteiger partial charge in [0.15, 0.2) is 0 Å². The highest BCUT2D eigenvalue weighted by molar-refractivity contribution is 7.17. The van der Waals surface area contributed by atoms with Gasteiger partial charge in [0.05, 0.1) is 5.39 Å².